The van der Waals surface area contributed by atoms with Crippen molar-refractivity contribution in [3.63, 3.8) is 0 Å². The lowest BCUT2D eigenvalue weighted by Crippen LogP contribution is -2.55. The number of halogens is 1. The zero-order valence-electron chi connectivity index (χ0n) is 18.6. The summed E-state index contributed by atoms with van der Waals surface area (Å²) >= 11 is 0. The number of nitro groups is 1. The van der Waals surface area contributed by atoms with E-state index in [1.807, 2.05) is 15.9 Å². The van der Waals surface area contributed by atoms with Crippen LogP contribution in [0, 0.1) is 33.7 Å². The summed E-state index contributed by atoms with van der Waals surface area (Å²) in [6.45, 7) is 2.20. The average Bonchev–Trinajstić information content (AvgIpc) is 2.78. The third kappa shape index (κ3) is 3.67. The second kappa shape index (κ2) is 7.81. The van der Waals surface area contributed by atoms with Gasteiger partial charge in [-0.25, -0.2) is 14.4 Å². The van der Waals surface area contributed by atoms with Crippen molar-refractivity contribution in [2.24, 2.45) is 17.8 Å². The third-order valence-electron chi connectivity index (χ3n) is 8.18. The first-order valence-corrected chi connectivity index (χ1v) is 12.0. The molecule has 4 bridgehead atoms. The maximum atomic E-state index is 14.2. The Morgan fingerprint density at radius 2 is 1.58 bits per heavy atom. The average molecular weight is 453 g/mol. The van der Waals surface area contributed by atoms with Gasteiger partial charge in [-0.05, 0) is 68.4 Å². The summed E-state index contributed by atoms with van der Waals surface area (Å²) in [6.07, 6.45) is 8.61. The summed E-state index contributed by atoms with van der Waals surface area (Å²) in [5.74, 6) is 2.65. The van der Waals surface area contributed by atoms with Crippen LogP contribution < -0.4 is 15.1 Å². The van der Waals surface area contributed by atoms with Crippen LogP contribution in [0.1, 0.15) is 38.5 Å². The SMILES string of the molecule is O=[N+]([O-])c1c(NC23CC4CC(CC(C4)C2)C3)ncnc1N1CCN(c2ccccc2F)CC1. The number of anilines is 3. The van der Waals surface area contributed by atoms with Gasteiger partial charge < -0.3 is 15.1 Å². The van der Waals surface area contributed by atoms with Gasteiger partial charge in [-0.15, -0.1) is 0 Å². The van der Waals surface area contributed by atoms with Crippen molar-refractivity contribution >= 4 is 23.0 Å². The second-order valence-corrected chi connectivity index (χ2v) is 10.4. The van der Waals surface area contributed by atoms with Gasteiger partial charge >= 0.3 is 5.69 Å². The topological polar surface area (TPSA) is 87.4 Å². The molecule has 1 aromatic carbocycles. The van der Waals surface area contributed by atoms with E-state index in [-0.39, 0.29) is 22.0 Å². The van der Waals surface area contributed by atoms with Crippen molar-refractivity contribution in [2.75, 3.05) is 41.3 Å². The van der Waals surface area contributed by atoms with Crippen LogP contribution in [0.25, 0.3) is 0 Å². The molecule has 4 aliphatic carbocycles. The Balaban J connectivity index is 1.24. The minimum absolute atomic E-state index is 0.0346. The molecule has 0 amide bonds. The molecule has 8 nitrogen and oxygen atoms in total. The predicted molar refractivity (Wildman–Crippen MR) is 124 cm³/mol. The van der Waals surface area contributed by atoms with E-state index in [1.54, 1.807) is 12.1 Å². The number of rotatable bonds is 5. The van der Waals surface area contributed by atoms with Gasteiger partial charge in [0.1, 0.15) is 12.1 Å². The summed E-state index contributed by atoms with van der Waals surface area (Å²) < 4.78 is 14.2. The molecule has 5 fully saturated rings. The fourth-order valence-electron chi connectivity index (χ4n) is 7.24. The molecule has 2 aromatic rings. The van der Waals surface area contributed by atoms with Crippen LogP contribution in [-0.4, -0.2) is 46.6 Å². The van der Waals surface area contributed by atoms with E-state index in [2.05, 4.69) is 15.3 Å². The van der Waals surface area contributed by atoms with E-state index >= 15 is 0 Å². The van der Waals surface area contributed by atoms with Crippen molar-refractivity contribution in [1.82, 2.24) is 9.97 Å². The summed E-state index contributed by atoms with van der Waals surface area (Å²) in [4.78, 5) is 24.5. The zero-order valence-corrected chi connectivity index (χ0v) is 18.6. The first-order chi connectivity index (χ1) is 16.0. The Labute approximate surface area is 192 Å². The molecule has 1 aromatic heterocycles. The lowest BCUT2D eigenvalue weighted by Gasteiger charge is -2.57. The Bertz CT molecular complexity index is 1040. The Morgan fingerprint density at radius 3 is 2.18 bits per heavy atom. The molecule has 0 radical (unpaired) electrons. The number of hydrogen-bond donors (Lipinski definition) is 1. The predicted octanol–water partition coefficient (Wildman–Crippen LogP) is 4.23. The lowest BCUT2D eigenvalue weighted by molar-refractivity contribution is -0.383. The van der Waals surface area contributed by atoms with Gasteiger partial charge in [-0.1, -0.05) is 12.1 Å². The highest BCUT2D eigenvalue weighted by molar-refractivity contribution is 5.71. The number of piperazine rings is 1. The molecule has 0 spiro atoms. The van der Waals surface area contributed by atoms with E-state index < -0.39 is 0 Å². The molecule has 9 heteroatoms. The van der Waals surface area contributed by atoms with E-state index in [0.29, 0.717) is 43.5 Å². The molecular weight excluding hydrogens is 423 g/mol. The van der Waals surface area contributed by atoms with Crippen LogP contribution in [-0.2, 0) is 0 Å². The van der Waals surface area contributed by atoms with Crippen LogP contribution in [0.4, 0.5) is 27.4 Å². The van der Waals surface area contributed by atoms with Gasteiger partial charge in [0.05, 0.1) is 10.6 Å². The van der Waals surface area contributed by atoms with Gasteiger partial charge in [-0.2, -0.15) is 0 Å². The number of hydrogen-bond acceptors (Lipinski definition) is 7. The maximum Gasteiger partial charge on any atom is 0.353 e. The number of aromatic nitrogens is 2. The van der Waals surface area contributed by atoms with Crippen molar-refractivity contribution in [3.8, 4) is 0 Å². The second-order valence-electron chi connectivity index (χ2n) is 10.4. The molecule has 1 aliphatic heterocycles. The standard InChI is InChI=1S/C24H29FN6O2/c25-19-3-1-2-4-20(19)29-5-7-30(8-6-29)23-21(31(32)33)22(26-15-27-23)28-24-12-16-9-17(13-24)11-18(10-16)14-24/h1-4,15-18H,5-14H2,(H,26,27,28). The molecule has 0 unspecified atom stereocenters. The fraction of sp³-hybridized carbons (Fsp3) is 0.583. The highest BCUT2D eigenvalue weighted by atomic mass is 19.1. The van der Waals surface area contributed by atoms with Crippen LogP contribution in [0.15, 0.2) is 30.6 Å². The minimum Gasteiger partial charge on any atom is -0.366 e. The maximum absolute atomic E-state index is 14.2. The van der Waals surface area contributed by atoms with Crippen LogP contribution in [0.2, 0.25) is 0 Å². The summed E-state index contributed by atoms with van der Waals surface area (Å²) in [5.41, 5.74) is 0.459. The molecule has 0 atom stereocenters. The first kappa shape index (κ1) is 20.6. The van der Waals surface area contributed by atoms with Gasteiger partial charge in [0.25, 0.3) is 0 Å². The molecule has 4 saturated carbocycles. The molecule has 1 N–H and O–H groups in total. The molecule has 5 aliphatic rings. The van der Waals surface area contributed by atoms with Crippen molar-refractivity contribution < 1.29 is 9.31 Å². The number of nitrogens with zero attached hydrogens (tertiary/aromatic N) is 5. The molecule has 174 valence electrons. The van der Waals surface area contributed by atoms with E-state index in [4.69, 9.17) is 0 Å². The summed E-state index contributed by atoms with van der Waals surface area (Å²) in [6, 6.07) is 6.73. The minimum atomic E-state index is -0.346. The molecule has 33 heavy (non-hydrogen) atoms. The number of para-hydroxylation sites is 1. The van der Waals surface area contributed by atoms with Gasteiger partial charge in [0.15, 0.2) is 0 Å². The highest BCUT2D eigenvalue weighted by Crippen LogP contribution is 2.57. The first-order valence-electron chi connectivity index (χ1n) is 12.0. The van der Waals surface area contributed by atoms with E-state index in [9.17, 15) is 14.5 Å². The van der Waals surface area contributed by atoms with Gasteiger partial charge in [0, 0.05) is 31.7 Å². The monoisotopic (exact) mass is 452 g/mol. The lowest BCUT2D eigenvalue weighted by atomic mass is 9.53. The molecule has 2 heterocycles. The van der Waals surface area contributed by atoms with Crippen LogP contribution in [0.5, 0.6) is 0 Å². The summed E-state index contributed by atoms with van der Waals surface area (Å²) in [7, 11) is 0. The largest absolute Gasteiger partial charge is 0.366 e. The molecule has 1 saturated heterocycles. The molecular formula is C24H29FN6O2. The Kier molecular flexibility index (Phi) is 4.88. The zero-order chi connectivity index (χ0) is 22.6. The van der Waals surface area contributed by atoms with Crippen molar-refractivity contribution in [2.45, 2.75) is 44.1 Å². The fourth-order valence-corrected chi connectivity index (χ4v) is 7.24. The van der Waals surface area contributed by atoms with E-state index in [1.165, 1.54) is 31.7 Å². The van der Waals surface area contributed by atoms with E-state index in [0.717, 1.165) is 37.0 Å². The number of benzene rings is 1. The Morgan fingerprint density at radius 1 is 0.970 bits per heavy atom. The Hall–Kier alpha value is -2.97. The van der Waals surface area contributed by atoms with Crippen LogP contribution in [0.3, 0.4) is 0 Å². The number of nitrogens with one attached hydrogen (secondary N) is 1. The van der Waals surface area contributed by atoms with Crippen molar-refractivity contribution in [1.29, 1.82) is 0 Å². The third-order valence-corrected chi connectivity index (χ3v) is 8.18. The molecule has 7 rings (SSSR count). The normalized spacial score (nSPS) is 30.5. The van der Waals surface area contributed by atoms with Gasteiger partial charge in [-0.3, -0.25) is 10.1 Å². The highest BCUT2D eigenvalue weighted by Gasteiger charge is 2.51. The quantitative estimate of drug-likeness (QED) is 0.536. The van der Waals surface area contributed by atoms with Gasteiger partial charge in [0.2, 0.25) is 11.6 Å². The summed E-state index contributed by atoms with van der Waals surface area (Å²) in [5, 5.41) is 15.8. The van der Waals surface area contributed by atoms with Crippen molar-refractivity contribution in [3.05, 3.63) is 46.5 Å². The smallest absolute Gasteiger partial charge is 0.353 e. The van der Waals surface area contributed by atoms with Crippen LogP contribution >= 0.6 is 0 Å².